The lowest BCUT2D eigenvalue weighted by molar-refractivity contribution is 0.259. The molecule has 0 heterocycles. The van der Waals surface area contributed by atoms with E-state index in [1.54, 1.807) is 6.42 Å². The number of hydrogen-bond acceptors (Lipinski definition) is 0. The third kappa shape index (κ3) is 3.12. The molecular formula is C16H30. The van der Waals surface area contributed by atoms with Crippen molar-refractivity contribution >= 4 is 0 Å². The second kappa shape index (κ2) is 6.47. The molecule has 0 saturated heterocycles. The lowest BCUT2D eigenvalue weighted by Gasteiger charge is -2.24. The van der Waals surface area contributed by atoms with Gasteiger partial charge in [-0.3, -0.25) is 0 Å². The Bertz CT molecular complexity index is 174. The van der Waals surface area contributed by atoms with Gasteiger partial charge >= 0.3 is 0 Å². The van der Waals surface area contributed by atoms with Crippen LogP contribution in [0.2, 0.25) is 0 Å². The van der Waals surface area contributed by atoms with E-state index in [0.717, 1.165) is 29.6 Å². The molecule has 4 unspecified atom stereocenters. The fraction of sp³-hybridized carbons (Fsp3) is 0.875. The molecule has 3 aliphatic carbocycles. The second-order valence-electron chi connectivity index (χ2n) is 6.09. The predicted octanol–water partition coefficient (Wildman–Crippen LogP) is 5.30. The van der Waals surface area contributed by atoms with Crippen molar-refractivity contribution < 1.29 is 0 Å². The molecule has 0 heteroatoms. The average Bonchev–Trinajstić information content (AvgIpc) is 2.85. The van der Waals surface area contributed by atoms with Crippen molar-refractivity contribution in [3.8, 4) is 0 Å². The van der Waals surface area contributed by atoms with Gasteiger partial charge < -0.3 is 0 Å². The summed E-state index contributed by atoms with van der Waals surface area (Å²) in [7, 11) is 0. The largest absolute Gasteiger partial charge is 0.106 e. The molecule has 0 amide bonds. The molecule has 3 rings (SSSR count). The highest BCUT2D eigenvalue weighted by molar-refractivity contribution is 4.92. The minimum Gasteiger partial charge on any atom is -0.106 e. The zero-order valence-corrected chi connectivity index (χ0v) is 11.5. The molecule has 0 aromatic heterocycles. The predicted molar refractivity (Wildman–Crippen MR) is 73.4 cm³/mol. The number of fused-ring (bicyclic) bond motifs is 2. The lowest BCUT2D eigenvalue weighted by atomic mass is 9.82. The first-order valence-electron chi connectivity index (χ1n) is 7.18. The van der Waals surface area contributed by atoms with Gasteiger partial charge in [0.05, 0.1) is 0 Å². The molecule has 3 aliphatic rings. The molecule has 0 spiro atoms. The van der Waals surface area contributed by atoms with E-state index in [1.807, 2.05) is 0 Å². The standard InChI is InChI=1S/C9H16.C5H10.C2H4/c1-6-7(2)9-4-3-8(6)5-9;1-5-3-2-4-5;1-2/h6-9H,3-5H2,1-2H3;5H,2-4H2,1H3;1-2H2. The Hall–Kier alpha value is -0.260. The van der Waals surface area contributed by atoms with E-state index in [9.17, 15) is 0 Å². The van der Waals surface area contributed by atoms with E-state index in [-0.39, 0.29) is 0 Å². The Balaban J connectivity index is 0.000000156. The first-order valence-corrected chi connectivity index (χ1v) is 7.18. The van der Waals surface area contributed by atoms with Gasteiger partial charge in [-0.2, -0.15) is 0 Å². The zero-order chi connectivity index (χ0) is 12.1. The van der Waals surface area contributed by atoms with Crippen LogP contribution in [0.25, 0.3) is 0 Å². The Morgan fingerprint density at radius 3 is 1.25 bits per heavy atom. The van der Waals surface area contributed by atoms with E-state index in [0.29, 0.717) is 0 Å². The van der Waals surface area contributed by atoms with Crippen LogP contribution in [0, 0.1) is 29.6 Å². The molecule has 0 nitrogen and oxygen atoms in total. The third-order valence-corrected chi connectivity index (χ3v) is 5.22. The Morgan fingerprint density at radius 2 is 1.12 bits per heavy atom. The van der Waals surface area contributed by atoms with Crippen molar-refractivity contribution in [3.05, 3.63) is 13.2 Å². The van der Waals surface area contributed by atoms with Crippen LogP contribution in [0.4, 0.5) is 0 Å². The van der Waals surface area contributed by atoms with Crippen LogP contribution in [-0.4, -0.2) is 0 Å². The van der Waals surface area contributed by atoms with E-state index in [1.165, 1.54) is 32.1 Å². The topological polar surface area (TPSA) is 0 Å². The van der Waals surface area contributed by atoms with E-state index in [4.69, 9.17) is 0 Å². The fourth-order valence-corrected chi connectivity index (χ4v) is 3.48. The summed E-state index contributed by atoms with van der Waals surface area (Å²) in [5, 5.41) is 0. The summed E-state index contributed by atoms with van der Waals surface area (Å²) in [6, 6.07) is 0. The Morgan fingerprint density at radius 1 is 0.750 bits per heavy atom. The van der Waals surface area contributed by atoms with Gasteiger partial charge in [-0.25, -0.2) is 0 Å². The van der Waals surface area contributed by atoms with Crippen molar-refractivity contribution in [2.45, 2.75) is 59.3 Å². The minimum absolute atomic E-state index is 1.05. The van der Waals surface area contributed by atoms with Crippen molar-refractivity contribution in [3.63, 3.8) is 0 Å². The Labute approximate surface area is 103 Å². The van der Waals surface area contributed by atoms with Gasteiger partial charge in [0.2, 0.25) is 0 Å². The summed E-state index contributed by atoms with van der Waals surface area (Å²) >= 11 is 0. The third-order valence-electron chi connectivity index (χ3n) is 5.22. The maximum absolute atomic E-state index is 3.00. The summed E-state index contributed by atoms with van der Waals surface area (Å²) in [6.07, 6.45) is 9.09. The lowest BCUT2D eigenvalue weighted by Crippen LogP contribution is -2.15. The van der Waals surface area contributed by atoms with Gasteiger partial charge in [-0.15, -0.1) is 13.2 Å². The summed E-state index contributed by atoms with van der Waals surface area (Å²) in [4.78, 5) is 0. The summed E-state index contributed by atoms with van der Waals surface area (Å²) in [5.41, 5.74) is 0. The molecule has 3 fully saturated rings. The van der Waals surface area contributed by atoms with Crippen molar-refractivity contribution in [2.24, 2.45) is 29.6 Å². The van der Waals surface area contributed by atoms with Crippen LogP contribution in [0.3, 0.4) is 0 Å². The molecule has 0 N–H and O–H groups in total. The van der Waals surface area contributed by atoms with E-state index in [2.05, 4.69) is 33.9 Å². The van der Waals surface area contributed by atoms with Crippen molar-refractivity contribution in [1.29, 1.82) is 0 Å². The van der Waals surface area contributed by atoms with Gasteiger partial charge in [-0.1, -0.05) is 40.0 Å². The number of rotatable bonds is 0. The SMILES string of the molecule is C=C.CC1C2CCC(C2)C1C.CC1CCC1. The van der Waals surface area contributed by atoms with Crippen LogP contribution in [0.15, 0.2) is 13.2 Å². The van der Waals surface area contributed by atoms with Gasteiger partial charge in [-0.05, 0) is 48.9 Å². The fourth-order valence-electron chi connectivity index (χ4n) is 3.48. The first kappa shape index (κ1) is 13.8. The maximum atomic E-state index is 3.00. The molecule has 3 saturated carbocycles. The van der Waals surface area contributed by atoms with Crippen molar-refractivity contribution in [1.82, 2.24) is 0 Å². The molecular weight excluding hydrogens is 192 g/mol. The highest BCUT2D eigenvalue weighted by Gasteiger charge is 2.42. The van der Waals surface area contributed by atoms with Crippen LogP contribution in [-0.2, 0) is 0 Å². The van der Waals surface area contributed by atoms with Crippen LogP contribution in [0.1, 0.15) is 59.3 Å². The van der Waals surface area contributed by atoms with Crippen molar-refractivity contribution in [2.75, 3.05) is 0 Å². The smallest absolute Gasteiger partial charge is 0.0383 e. The molecule has 0 aromatic rings. The molecule has 0 aromatic carbocycles. The maximum Gasteiger partial charge on any atom is -0.0383 e. The van der Waals surface area contributed by atoms with Crippen LogP contribution in [0.5, 0.6) is 0 Å². The zero-order valence-electron chi connectivity index (χ0n) is 11.5. The Kier molecular flexibility index (Phi) is 5.58. The summed E-state index contributed by atoms with van der Waals surface area (Å²) in [5.74, 6) is 5.39. The minimum atomic E-state index is 1.05. The van der Waals surface area contributed by atoms with Gasteiger partial charge in [0.15, 0.2) is 0 Å². The highest BCUT2D eigenvalue weighted by Crippen LogP contribution is 2.51. The quantitative estimate of drug-likeness (QED) is 0.488. The average molecular weight is 222 g/mol. The first-order chi connectivity index (χ1) is 7.68. The van der Waals surface area contributed by atoms with Gasteiger partial charge in [0.25, 0.3) is 0 Å². The molecule has 16 heavy (non-hydrogen) atoms. The summed E-state index contributed by atoms with van der Waals surface area (Å²) < 4.78 is 0. The highest BCUT2D eigenvalue weighted by atomic mass is 14.5. The molecule has 0 aliphatic heterocycles. The van der Waals surface area contributed by atoms with Crippen LogP contribution < -0.4 is 0 Å². The molecule has 4 atom stereocenters. The molecule has 2 bridgehead atoms. The molecule has 94 valence electrons. The summed E-state index contributed by atoms with van der Waals surface area (Å²) in [6.45, 7) is 13.2. The van der Waals surface area contributed by atoms with Gasteiger partial charge in [0.1, 0.15) is 0 Å². The molecule has 0 radical (unpaired) electrons. The second-order valence-corrected chi connectivity index (χ2v) is 6.09. The van der Waals surface area contributed by atoms with Gasteiger partial charge in [0, 0.05) is 0 Å². The van der Waals surface area contributed by atoms with E-state index >= 15 is 0 Å². The monoisotopic (exact) mass is 222 g/mol. The number of hydrogen-bond donors (Lipinski definition) is 0. The normalized spacial score (nSPS) is 40.2. The van der Waals surface area contributed by atoms with Crippen LogP contribution >= 0.6 is 0 Å². The van der Waals surface area contributed by atoms with E-state index < -0.39 is 0 Å².